The molecule has 1 N–H and O–H groups in total. The number of carbonyl (C=O) groups is 1. The monoisotopic (exact) mass is 181 g/mol. The fourth-order valence-electron chi connectivity index (χ4n) is 1.47. The smallest absolute Gasteiger partial charge is 0.151 e. The maximum Gasteiger partial charge on any atom is 0.151 e. The van der Waals surface area contributed by atoms with Gasteiger partial charge in [-0.15, -0.1) is 11.3 Å². The van der Waals surface area contributed by atoms with Crippen molar-refractivity contribution in [3.63, 3.8) is 0 Å². The molecule has 2 rings (SSSR count). The molecular weight excluding hydrogens is 170 g/mol. The summed E-state index contributed by atoms with van der Waals surface area (Å²) in [6.07, 6.45) is 1.58. The van der Waals surface area contributed by atoms with E-state index in [1.165, 1.54) is 4.88 Å². The van der Waals surface area contributed by atoms with Gasteiger partial charge < -0.3 is 5.32 Å². The molecule has 1 aromatic heterocycles. The number of hydrogen-bond acceptors (Lipinski definition) is 3. The molecule has 3 heteroatoms. The molecule has 1 aliphatic heterocycles. The largest absolute Gasteiger partial charge is 0.307 e. The van der Waals surface area contributed by atoms with Crippen LogP contribution in [0.3, 0.4) is 0 Å². The van der Waals surface area contributed by atoms with Gasteiger partial charge in [0.2, 0.25) is 0 Å². The fraction of sp³-hybridized carbons (Fsp3) is 0.444. The van der Waals surface area contributed by atoms with E-state index < -0.39 is 0 Å². The van der Waals surface area contributed by atoms with Crippen LogP contribution in [0.25, 0.3) is 0 Å². The highest BCUT2D eigenvalue weighted by Gasteiger charge is 2.23. The Labute approximate surface area is 75.6 Å². The zero-order valence-corrected chi connectivity index (χ0v) is 7.56. The molecule has 0 aromatic carbocycles. The first-order chi connectivity index (χ1) is 5.86. The molecule has 1 saturated heterocycles. The van der Waals surface area contributed by atoms with Crippen molar-refractivity contribution in [3.8, 4) is 0 Å². The highest BCUT2D eigenvalue weighted by Crippen LogP contribution is 2.14. The molecule has 0 amide bonds. The maximum atomic E-state index is 11.2. The first-order valence-corrected chi connectivity index (χ1v) is 5.03. The van der Waals surface area contributed by atoms with Gasteiger partial charge in [0.15, 0.2) is 5.78 Å². The average molecular weight is 181 g/mol. The highest BCUT2D eigenvalue weighted by atomic mass is 32.1. The Balaban J connectivity index is 1.99. The van der Waals surface area contributed by atoms with Crippen LogP contribution in [0.1, 0.15) is 11.3 Å². The van der Waals surface area contributed by atoms with Crippen LogP contribution >= 0.6 is 11.3 Å². The second-order valence-corrected chi connectivity index (χ2v) is 4.04. The van der Waals surface area contributed by atoms with Gasteiger partial charge in [-0.1, -0.05) is 6.07 Å². The summed E-state index contributed by atoms with van der Waals surface area (Å²) >= 11 is 1.72. The minimum Gasteiger partial charge on any atom is -0.307 e. The summed E-state index contributed by atoms with van der Waals surface area (Å²) in [7, 11) is 0. The summed E-state index contributed by atoms with van der Waals surface area (Å²) in [5.41, 5.74) is 0. The third kappa shape index (κ3) is 1.57. The van der Waals surface area contributed by atoms with Crippen LogP contribution < -0.4 is 5.32 Å². The molecule has 2 heterocycles. The van der Waals surface area contributed by atoms with Crippen LogP contribution in [0.2, 0.25) is 0 Å². The Hall–Kier alpha value is -0.670. The molecule has 0 saturated carbocycles. The van der Waals surface area contributed by atoms with Crippen molar-refractivity contribution in [1.82, 2.24) is 5.32 Å². The van der Waals surface area contributed by atoms with E-state index in [0.29, 0.717) is 12.2 Å². The predicted molar refractivity (Wildman–Crippen MR) is 49.4 cm³/mol. The lowest BCUT2D eigenvalue weighted by Gasteiger charge is -2.05. The van der Waals surface area contributed by atoms with Gasteiger partial charge in [-0.05, 0) is 11.4 Å². The van der Waals surface area contributed by atoms with E-state index in [1.54, 1.807) is 11.3 Å². The number of carbonyl (C=O) groups excluding carboxylic acids is 1. The van der Waals surface area contributed by atoms with Gasteiger partial charge in [0.05, 0.1) is 6.04 Å². The zero-order chi connectivity index (χ0) is 8.39. The highest BCUT2D eigenvalue weighted by molar-refractivity contribution is 7.09. The summed E-state index contributed by atoms with van der Waals surface area (Å²) in [6, 6.07) is 4.20. The van der Waals surface area contributed by atoms with Crippen molar-refractivity contribution in [2.75, 3.05) is 6.54 Å². The van der Waals surface area contributed by atoms with Gasteiger partial charge in [-0.3, -0.25) is 4.79 Å². The second kappa shape index (κ2) is 3.37. The van der Waals surface area contributed by atoms with Crippen LogP contribution in [0.4, 0.5) is 0 Å². The van der Waals surface area contributed by atoms with Crippen molar-refractivity contribution < 1.29 is 4.79 Å². The van der Waals surface area contributed by atoms with Gasteiger partial charge in [-0.25, -0.2) is 0 Å². The molecule has 0 radical (unpaired) electrons. The molecular formula is C9H11NOS. The van der Waals surface area contributed by atoms with E-state index in [0.717, 1.165) is 13.0 Å². The first-order valence-electron chi connectivity index (χ1n) is 4.15. The minimum atomic E-state index is 0.0867. The molecule has 0 spiro atoms. The lowest BCUT2D eigenvalue weighted by atomic mass is 10.1. The SMILES string of the molecule is O=C1CCNC1Cc1cccs1. The average Bonchev–Trinajstić information content (AvgIpc) is 2.65. The number of Topliss-reactive ketones (excluding diaryl/α,β-unsaturated/α-hetero) is 1. The van der Waals surface area contributed by atoms with Gasteiger partial charge in [-0.2, -0.15) is 0 Å². The van der Waals surface area contributed by atoms with E-state index in [1.807, 2.05) is 6.07 Å². The molecule has 0 aliphatic carbocycles. The van der Waals surface area contributed by atoms with Crippen molar-refractivity contribution in [2.24, 2.45) is 0 Å². The Morgan fingerprint density at radius 1 is 1.67 bits per heavy atom. The standard InChI is InChI=1S/C9H11NOS/c11-9-3-4-10-8(9)6-7-2-1-5-12-7/h1-2,5,8,10H,3-4,6H2. The van der Waals surface area contributed by atoms with Crippen LogP contribution in [-0.4, -0.2) is 18.4 Å². The van der Waals surface area contributed by atoms with Crippen molar-refractivity contribution >= 4 is 17.1 Å². The quantitative estimate of drug-likeness (QED) is 0.743. The number of thiophene rings is 1. The van der Waals surface area contributed by atoms with Crippen molar-refractivity contribution in [3.05, 3.63) is 22.4 Å². The van der Waals surface area contributed by atoms with Gasteiger partial charge >= 0.3 is 0 Å². The van der Waals surface area contributed by atoms with E-state index in [2.05, 4.69) is 16.8 Å². The third-order valence-corrected chi connectivity index (χ3v) is 3.03. The molecule has 2 nitrogen and oxygen atoms in total. The van der Waals surface area contributed by atoms with Crippen LogP contribution in [-0.2, 0) is 11.2 Å². The molecule has 1 aliphatic rings. The second-order valence-electron chi connectivity index (χ2n) is 3.01. The number of nitrogens with one attached hydrogen (secondary N) is 1. The Kier molecular flexibility index (Phi) is 2.23. The Morgan fingerprint density at radius 2 is 2.58 bits per heavy atom. The van der Waals surface area contributed by atoms with E-state index in [-0.39, 0.29) is 6.04 Å². The summed E-state index contributed by atoms with van der Waals surface area (Å²) in [5.74, 6) is 0.364. The van der Waals surface area contributed by atoms with Crippen molar-refractivity contribution in [2.45, 2.75) is 18.9 Å². The summed E-state index contributed by atoms with van der Waals surface area (Å²) < 4.78 is 0. The number of rotatable bonds is 2. The molecule has 0 bridgehead atoms. The molecule has 1 atom stereocenters. The normalized spacial score (nSPS) is 23.3. The predicted octanol–water partition coefficient (Wildman–Crippen LogP) is 1.22. The first kappa shape index (κ1) is 7.95. The third-order valence-electron chi connectivity index (χ3n) is 2.14. The molecule has 1 aromatic rings. The van der Waals surface area contributed by atoms with E-state index in [4.69, 9.17) is 0 Å². The van der Waals surface area contributed by atoms with Crippen LogP contribution in [0, 0.1) is 0 Å². The molecule has 64 valence electrons. The lowest BCUT2D eigenvalue weighted by Crippen LogP contribution is -2.28. The molecule has 12 heavy (non-hydrogen) atoms. The van der Waals surface area contributed by atoms with Crippen LogP contribution in [0.5, 0.6) is 0 Å². The Bertz CT molecular complexity index is 268. The molecule has 1 unspecified atom stereocenters. The van der Waals surface area contributed by atoms with E-state index in [9.17, 15) is 4.79 Å². The van der Waals surface area contributed by atoms with Gasteiger partial charge in [0.1, 0.15) is 0 Å². The van der Waals surface area contributed by atoms with Gasteiger partial charge in [0.25, 0.3) is 0 Å². The van der Waals surface area contributed by atoms with E-state index >= 15 is 0 Å². The minimum absolute atomic E-state index is 0.0867. The Morgan fingerprint density at radius 3 is 3.17 bits per heavy atom. The fourth-order valence-corrected chi connectivity index (χ4v) is 2.23. The number of hydrogen-bond donors (Lipinski definition) is 1. The summed E-state index contributed by atoms with van der Waals surface area (Å²) in [5, 5.41) is 5.25. The van der Waals surface area contributed by atoms with Crippen LogP contribution in [0.15, 0.2) is 17.5 Å². The zero-order valence-electron chi connectivity index (χ0n) is 6.75. The number of ketones is 1. The maximum absolute atomic E-state index is 11.2. The molecule has 1 fully saturated rings. The van der Waals surface area contributed by atoms with Crippen molar-refractivity contribution in [1.29, 1.82) is 0 Å². The lowest BCUT2D eigenvalue weighted by molar-refractivity contribution is -0.118. The van der Waals surface area contributed by atoms with Gasteiger partial charge in [0, 0.05) is 24.3 Å². The topological polar surface area (TPSA) is 29.1 Å². The summed E-state index contributed by atoms with van der Waals surface area (Å²) in [4.78, 5) is 12.5. The summed E-state index contributed by atoms with van der Waals surface area (Å²) in [6.45, 7) is 0.856.